The third-order valence-electron chi connectivity index (χ3n) is 5.86. The predicted octanol–water partition coefficient (Wildman–Crippen LogP) is 3.51. The molecule has 0 radical (unpaired) electrons. The fourth-order valence-electron chi connectivity index (χ4n) is 4.23. The summed E-state index contributed by atoms with van der Waals surface area (Å²) in [6.07, 6.45) is 2.24. The molecule has 1 saturated heterocycles. The first-order valence-corrected chi connectivity index (χ1v) is 11.6. The van der Waals surface area contributed by atoms with Gasteiger partial charge in [0.2, 0.25) is 10.8 Å². The molecule has 1 atom stereocenters. The minimum absolute atomic E-state index is 0.0875. The molecule has 5 rings (SSSR count). The van der Waals surface area contributed by atoms with E-state index in [9.17, 15) is 9.90 Å². The molecule has 1 aliphatic heterocycles. The number of carbonyl (C=O) groups is 1. The Labute approximate surface area is 189 Å². The molecular formula is C23H25N5O3S. The van der Waals surface area contributed by atoms with Crippen LogP contribution in [-0.2, 0) is 6.42 Å². The average Bonchev–Trinajstić information content (AvgIpc) is 3.53. The van der Waals surface area contributed by atoms with Crippen LogP contribution in [0, 0.1) is 6.92 Å². The largest absolute Gasteiger partial charge is 0.492 e. The average molecular weight is 452 g/mol. The maximum absolute atomic E-state index is 12.7. The molecule has 32 heavy (non-hydrogen) atoms. The fraction of sp³-hybridized carbons (Fsp3) is 0.348. The smallest absolute Gasteiger partial charge is 0.289 e. The van der Waals surface area contributed by atoms with Crippen LogP contribution in [0.2, 0.25) is 0 Å². The van der Waals surface area contributed by atoms with Gasteiger partial charge in [-0.05, 0) is 24.6 Å². The number of hydrogen-bond acceptors (Lipinski definition) is 7. The number of thiazole rings is 1. The summed E-state index contributed by atoms with van der Waals surface area (Å²) in [5, 5.41) is 15.5. The van der Waals surface area contributed by atoms with E-state index in [0.29, 0.717) is 36.9 Å². The van der Waals surface area contributed by atoms with Crippen molar-refractivity contribution < 1.29 is 14.3 Å². The molecular weight excluding hydrogens is 426 g/mol. The standard InChI is InChI=1S/C23H25N5O3S/c1-3-18-24-23-28(25-18)22(30)20(32-23)19(16-7-4-6-15(2)14-16)26-9-11-27(12-10-26)21(29)17-8-5-13-31-17/h4-8,13-14,19,30H,3,9-12H2,1-2H3/t19-/m0/s1. The normalized spacial score (nSPS) is 16.0. The number of furan rings is 1. The Balaban J connectivity index is 1.46. The molecule has 3 aromatic heterocycles. The number of aromatic nitrogens is 3. The van der Waals surface area contributed by atoms with Crippen LogP contribution in [0.4, 0.5) is 0 Å². The number of fused-ring (bicyclic) bond motifs is 1. The third-order valence-corrected chi connectivity index (χ3v) is 6.94. The van der Waals surface area contributed by atoms with Crippen molar-refractivity contribution in [3.8, 4) is 5.88 Å². The zero-order chi connectivity index (χ0) is 22.2. The number of aromatic hydroxyl groups is 1. The van der Waals surface area contributed by atoms with E-state index in [1.54, 1.807) is 12.1 Å². The summed E-state index contributed by atoms with van der Waals surface area (Å²) < 4.78 is 6.82. The van der Waals surface area contributed by atoms with Crippen molar-refractivity contribution in [3.63, 3.8) is 0 Å². The van der Waals surface area contributed by atoms with E-state index in [1.807, 2.05) is 17.9 Å². The lowest BCUT2D eigenvalue weighted by atomic mass is 10.0. The summed E-state index contributed by atoms with van der Waals surface area (Å²) in [5.74, 6) is 1.13. The van der Waals surface area contributed by atoms with E-state index in [2.05, 4.69) is 40.1 Å². The van der Waals surface area contributed by atoms with Crippen molar-refractivity contribution in [1.82, 2.24) is 24.4 Å². The predicted molar refractivity (Wildman–Crippen MR) is 121 cm³/mol. The highest BCUT2D eigenvalue weighted by molar-refractivity contribution is 7.17. The van der Waals surface area contributed by atoms with E-state index >= 15 is 0 Å². The maximum atomic E-state index is 12.7. The van der Waals surface area contributed by atoms with Crippen LogP contribution < -0.4 is 0 Å². The minimum Gasteiger partial charge on any atom is -0.492 e. The molecule has 0 spiro atoms. The van der Waals surface area contributed by atoms with E-state index in [-0.39, 0.29) is 17.8 Å². The second-order valence-electron chi connectivity index (χ2n) is 7.99. The van der Waals surface area contributed by atoms with Gasteiger partial charge >= 0.3 is 0 Å². The highest BCUT2D eigenvalue weighted by Gasteiger charge is 2.33. The van der Waals surface area contributed by atoms with Crippen molar-refractivity contribution in [2.45, 2.75) is 26.3 Å². The van der Waals surface area contributed by atoms with Gasteiger partial charge in [-0.1, -0.05) is 48.1 Å². The summed E-state index contributed by atoms with van der Waals surface area (Å²) in [6, 6.07) is 11.6. The van der Waals surface area contributed by atoms with Gasteiger partial charge < -0.3 is 14.4 Å². The quantitative estimate of drug-likeness (QED) is 0.500. The van der Waals surface area contributed by atoms with Gasteiger partial charge in [0.25, 0.3) is 5.91 Å². The van der Waals surface area contributed by atoms with E-state index in [0.717, 1.165) is 28.2 Å². The second-order valence-corrected chi connectivity index (χ2v) is 9.00. The molecule has 9 heteroatoms. The lowest BCUT2D eigenvalue weighted by molar-refractivity contribution is 0.0568. The summed E-state index contributed by atoms with van der Waals surface area (Å²) >= 11 is 1.47. The summed E-state index contributed by atoms with van der Waals surface area (Å²) in [5.41, 5.74) is 2.26. The Morgan fingerprint density at radius 1 is 1.22 bits per heavy atom. The first kappa shape index (κ1) is 20.7. The number of hydrogen-bond donors (Lipinski definition) is 1. The molecule has 4 heterocycles. The number of amides is 1. The highest BCUT2D eigenvalue weighted by atomic mass is 32.1. The molecule has 1 aromatic carbocycles. The Morgan fingerprint density at radius 3 is 2.69 bits per heavy atom. The zero-order valence-electron chi connectivity index (χ0n) is 18.1. The van der Waals surface area contributed by atoms with E-state index in [1.165, 1.54) is 22.1 Å². The van der Waals surface area contributed by atoms with Crippen molar-refractivity contribution in [2.24, 2.45) is 0 Å². The van der Waals surface area contributed by atoms with Gasteiger partial charge in [-0.2, -0.15) is 4.52 Å². The molecule has 1 amide bonds. The van der Waals surface area contributed by atoms with Crippen LogP contribution in [0.25, 0.3) is 4.96 Å². The molecule has 1 aliphatic rings. The SMILES string of the molecule is CCc1nc2sc([C@H](c3cccc(C)c3)N3CCN(C(=O)c4ccco4)CC3)c(O)n2n1. The van der Waals surface area contributed by atoms with Gasteiger partial charge in [-0.25, -0.2) is 4.98 Å². The summed E-state index contributed by atoms with van der Waals surface area (Å²) in [4.78, 5) is 22.9. The Hall–Kier alpha value is -3.17. The number of benzene rings is 1. The number of nitrogens with zero attached hydrogens (tertiary/aromatic N) is 5. The van der Waals surface area contributed by atoms with Gasteiger partial charge in [-0.3, -0.25) is 9.69 Å². The number of carbonyl (C=O) groups excluding carboxylic acids is 1. The second kappa shape index (κ2) is 8.40. The first-order chi connectivity index (χ1) is 15.5. The first-order valence-electron chi connectivity index (χ1n) is 10.8. The zero-order valence-corrected chi connectivity index (χ0v) is 18.9. The van der Waals surface area contributed by atoms with Crippen LogP contribution >= 0.6 is 11.3 Å². The van der Waals surface area contributed by atoms with E-state index in [4.69, 9.17) is 4.42 Å². The molecule has 1 N–H and O–H groups in total. The molecule has 0 aliphatic carbocycles. The molecule has 4 aromatic rings. The van der Waals surface area contributed by atoms with Crippen molar-refractivity contribution in [2.75, 3.05) is 26.2 Å². The monoisotopic (exact) mass is 451 g/mol. The van der Waals surface area contributed by atoms with Gasteiger partial charge in [0.15, 0.2) is 11.6 Å². The fourth-order valence-corrected chi connectivity index (χ4v) is 5.36. The van der Waals surface area contributed by atoms with Crippen molar-refractivity contribution >= 4 is 22.2 Å². The van der Waals surface area contributed by atoms with Crippen LogP contribution in [0.15, 0.2) is 47.1 Å². The Bertz CT molecular complexity index is 1240. The number of aryl methyl sites for hydroxylation is 2. The van der Waals surface area contributed by atoms with Gasteiger partial charge in [0, 0.05) is 32.6 Å². The van der Waals surface area contributed by atoms with Crippen LogP contribution in [0.3, 0.4) is 0 Å². The van der Waals surface area contributed by atoms with Gasteiger partial charge in [-0.15, -0.1) is 5.10 Å². The lowest BCUT2D eigenvalue weighted by Gasteiger charge is -2.39. The highest BCUT2D eigenvalue weighted by Crippen LogP contribution is 2.40. The molecule has 166 valence electrons. The van der Waals surface area contributed by atoms with Crippen molar-refractivity contribution in [3.05, 3.63) is 70.3 Å². The van der Waals surface area contributed by atoms with Crippen LogP contribution in [0.1, 0.15) is 45.3 Å². The van der Waals surface area contributed by atoms with Crippen molar-refractivity contribution in [1.29, 1.82) is 0 Å². The Kier molecular flexibility index (Phi) is 5.44. The summed E-state index contributed by atoms with van der Waals surface area (Å²) in [6.45, 7) is 6.59. The molecule has 8 nitrogen and oxygen atoms in total. The van der Waals surface area contributed by atoms with Crippen LogP contribution in [-0.4, -0.2) is 61.6 Å². The molecule has 1 fully saturated rings. The summed E-state index contributed by atoms with van der Waals surface area (Å²) in [7, 11) is 0. The van der Waals surface area contributed by atoms with Crippen LogP contribution in [0.5, 0.6) is 5.88 Å². The van der Waals surface area contributed by atoms with E-state index < -0.39 is 0 Å². The van der Waals surface area contributed by atoms with Gasteiger partial charge in [0.1, 0.15) is 0 Å². The number of piperazine rings is 1. The maximum Gasteiger partial charge on any atom is 0.289 e. The molecule has 0 unspecified atom stereocenters. The van der Waals surface area contributed by atoms with Gasteiger partial charge in [0.05, 0.1) is 17.2 Å². The Morgan fingerprint density at radius 2 is 2.03 bits per heavy atom. The number of rotatable bonds is 5. The minimum atomic E-state index is -0.144. The molecule has 0 saturated carbocycles. The topological polar surface area (TPSA) is 87.1 Å². The third kappa shape index (κ3) is 3.67. The lowest BCUT2D eigenvalue weighted by Crippen LogP contribution is -2.49. The molecule has 0 bridgehead atoms.